The molecule has 1 aromatic carbocycles. The number of anilines is 1. The van der Waals surface area contributed by atoms with E-state index in [1.165, 1.54) is 16.8 Å². The second-order valence-corrected chi connectivity index (χ2v) is 4.05. The first-order valence-corrected chi connectivity index (χ1v) is 5.75. The van der Waals surface area contributed by atoms with E-state index < -0.39 is 0 Å². The first-order chi connectivity index (χ1) is 7.60. The summed E-state index contributed by atoms with van der Waals surface area (Å²) >= 11 is 0. The highest BCUT2D eigenvalue weighted by molar-refractivity contribution is 5.58. The number of nitrogens with zero attached hydrogens (tertiary/aromatic N) is 1. The molecule has 3 nitrogen and oxygen atoms in total. The van der Waals surface area contributed by atoms with E-state index >= 15 is 0 Å². The van der Waals surface area contributed by atoms with Crippen LogP contribution in [0.1, 0.15) is 18.1 Å². The van der Waals surface area contributed by atoms with Gasteiger partial charge >= 0.3 is 0 Å². The Labute approximate surface area is 98.2 Å². The molecule has 0 atom stereocenters. The van der Waals surface area contributed by atoms with E-state index in [9.17, 15) is 0 Å². The molecule has 1 rings (SSSR count). The van der Waals surface area contributed by atoms with Crippen molar-refractivity contribution in [3.05, 3.63) is 23.3 Å². The molecule has 0 radical (unpaired) electrons. The van der Waals surface area contributed by atoms with Gasteiger partial charge in [0.05, 0.1) is 6.61 Å². The Hall–Kier alpha value is -1.22. The van der Waals surface area contributed by atoms with Crippen molar-refractivity contribution in [2.45, 2.75) is 20.8 Å². The van der Waals surface area contributed by atoms with E-state index in [1.54, 1.807) is 0 Å². The summed E-state index contributed by atoms with van der Waals surface area (Å²) in [7, 11) is 2.06. The average Bonchev–Trinajstić information content (AvgIpc) is 2.23. The number of likely N-dealkylation sites (N-methyl/N-ethyl adjacent to an activating group) is 1. The summed E-state index contributed by atoms with van der Waals surface area (Å²) in [5.41, 5.74) is 9.19. The Morgan fingerprint density at radius 2 is 1.94 bits per heavy atom. The Kier molecular flexibility index (Phi) is 4.62. The van der Waals surface area contributed by atoms with Crippen LogP contribution in [0, 0.1) is 13.8 Å². The lowest BCUT2D eigenvalue weighted by molar-refractivity contribution is 0.337. The normalized spacial score (nSPS) is 10.3. The minimum Gasteiger partial charge on any atom is -0.494 e. The summed E-state index contributed by atoms with van der Waals surface area (Å²) < 4.78 is 5.57. The molecule has 0 aliphatic carbocycles. The Bertz CT molecular complexity index is 350. The minimum absolute atomic E-state index is 0.669. The molecule has 0 heterocycles. The topological polar surface area (TPSA) is 38.5 Å². The van der Waals surface area contributed by atoms with Crippen molar-refractivity contribution in [1.29, 1.82) is 0 Å². The fourth-order valence-electron chi connectivity index (χ4n) is 1.81. The van der Waals surface area contributed by atoms with Crippen molar-refractivity contribution >= 4 is 5.69 Å². The summed E-state index contributed by atoms with van der Waals surface area (Å²) in [6.45, 7) is 8.42. The van der Waals surface area contributed by atoms with E-state index in [-0.39, 0.29) is 0 Å². The van der Waals surface area contributed by atoms with E-state index in [2.05, 4.69) is 37.9 Å². The van der Waals surface area contributed by atoms with Crippen LogP contribution in [0.15, 0.2) is 12.1 Å². The van der Waals surface area contributed by atoms with Gasteiger partial charge in [-0.2, -0.15) is 0 Å². The van der Waals surface area contributed by atoms with Crippen molar-refractivity contribution < 1.29 is 4.74 Å². The van der Waals surface area contributed by atoms with Crippen LogP contribution in [0.3, 0.4) is 0 Å². The van der Waals surface area contributed by atoms with Gasteiger partial charge in [0, 0.05) is 25.8 Å². The highest BCUT2D eigenvalue weighted by Gasteiger charge is 2.08. The molecule has 0 aliphatic rings. The zero-order chi connectivity index (χ0) is 12.1. The maximum Gasteiger partial charge on any atom is 0.122 e. The first kappa shape index (κ1) is 12.8. The second-order valence-electron chi connectivity index (χ2n) is 4.05. The molecular weight excluding hydrogens is 200 g/mol. The molecule has 1 aromatic rings. The third-order valence-electron chi connectivity index (χ3n) is 2.67. The summed E-state index contributed by atoms with van der Waals surface area (Å²) in [6, 6.07) is 4.26. The lowest BCUT2D eigenvalue weighted by atomic mass is 10.1. The van der Waals surface area contributed by atoms with Crippen molar-refractivity contribution in [2.24, 2.45) is 5.73 Å². The zero-order valence-electron chi connectivity index (χ0n) is 10.7. The maximum absolute atomic E-state index is 5.57. The standard InChI is InChI=1S/C13H22N2O/c1-5-16-13-9-10(2)12(8-11(13)3)15(4)7-6-14/h8-9H,5-7,14H2,1-4H3. The largest absolute Gasteiger partial charge is 0.494 e. The number of ether oxygens (including phenoxy) is 1. The quantitative estimate of drug-likeness (QED) is 0.829. The molecule has 90 valence electrons. The predicted octanol–water partition coefficient (Wildman–Crippen LogP) is 2.10. The fraction of sp³-hybridized carbons (Fsp3) is 0.538. The van der Waals surface area contributed by atoms with E-state index in [4.69, 9.17) is 10.5 Å². The zero-order valence-corrected chi connectivity index (χ0v) is 10.7. The predicted molar refractivity (Wildman–Crippen MR) is 69.4 cm³/mol. The molecular formula is C13H22N2O. The fourth-order valence-corrected chi connectivity index (χ4v) is 1.81. The molecule has 0 bridgehead atoms. The molecule has 0 aliphatic heterocycles. The lowest BCUT2D eigenvalue weighted by Crippen LogP contribution is -2.25. The summed E-state index contributed by atoms with van der Waals surface area (Å²) in [5, 5.41) is 0. The molecule has 0 unspecified atom stereocenters. The molecule has 0 fully saturated rings. The number of nitrogens with two attached hydrogens (primary N) is 1. The van der Waals surface area contributed by atoms with Crippen LogP contribution in [-0.4, -0.2) is 26.7 Å². The third kappa shape index (κ3) is 2.89. The molecule has 3 heteroatoms. The van der Waals surface area contributed by atoms with Gasteiger partial charge in [-0.25, -0.2) is 0 Å². The maximum atomic E-state index is 5.57. The van der Waals surface area contributed by atoms with Crippen LogP contribution in [0.4, 0.5) is 5.69 Å². The second kappa shape index (κ2) is 5.75. The van der Waals surface area contributed by atoms with Gasteiger partial charge in [0.1, 0.15) is 5.75 Å². The van der Waals surface area contributed by atoms with Gasteiger partial charge in [0.15, 0.2) is 0 Å². The summed E-state index contributed by atoms with van der Waals surface area (Å²) in [5.74, 6) is 0.977. The van der Waals surface area contributed by atoms with Crippen LogP contribution in [-0.2, 0) is 0 Å². The smallest absolute Gasteiger partial charge is 0.122 e. The SMILES string of the molecule is CCOc1cc(C)c(N(C)CCN)cc1C. The van der Waals surface area contributed by atoms with Gasteiger partial charge in [-0.1, -0.05) is 0 Å². The summed E-state index contributed by atoms with van der Waals surface area (Å²) in [4.78, 5) is 2.18. The third-order valence-corrected chi connectivity index (χ3v) is 2.67. The average molecular weight is 222 g/mol. The Morgan fingerprint density at radius 1 is 1.25 bits per heavy atom. The van der Waals surface area contributed by atoms with Crippen LogP contribution in [0.5, 0.6) is 5.75 Å². The van der Waals surface area contributed by atoms with Crippen molar-refractivity contribution in [3.8, 4) is 5.75 Å². The number of aryl methyl sites for hydroxylation is 2. The number of rotatable bonds is 5. The summed E-state index contributed by atoms with van der Waals surface area (Å²) in [6.07, 6.45) is 0. The van der Waals surface area contributed by atoms with Crippen molar-refractivity contribution in [3.63, 3.8) is 0 Å². The molecule has 0 amide bonds. The Morgan fingerprint density at radius 3 is 2.50 bits per heavy atom. The van der Waals surface area contributed by atoms with E-state index in [0.717, 1.165) is 12.3 Å². The highest BCUT2D eigenvalue weighted by atomic mass is 16.5. The van der Waals surface area contributed by atoms with Crippen LogP contribution in [0.25, 0.3) is 0 Å². The van der Waals surface area contributed by atoms with Crippen LogP contribution >= 0.6 is 0 Å². The lowest BCUT2D eigenvalue weighted by Gasteiger charge is -2.22. The molecule has 2 N–H and O–H groups in total. The van der Waals surface area contributed by atoms with Gasteiger partial charge in [0.25, 0.3) is 0 Å². The van der Waals surface area contributed by atoms with Crippen LogP contribution in [0.2, 0.25) is 0 Å². The number of hydrogen-bond donors (Lipinski definition) is 1. The number of hydrogen-bond acceptors (Lipinski definition) is 3. The molecule has 16 heavy (non-hydrogen) atoms. The van der Waals surface area contributed by atoms with E-state index in [1.807, 2.05) is 6.92 Å². The molecule has 0 saturated carbocycles. The minimum atomic E-state index is 0.669. The van der Waals surface area contributed by atoms with E-state index in [0.29, 0.717) is 13.2 Å². The Balaban J connectivity index is 3.00. The van der Waals surface area contributed by atoms with Gasteiger partial charge in [-0.3, -0.25) is 0 Å². The van der Waals surface area contributed by atoms with Gasteiger partial charge in [0.2, 0.25) is 0 Å². The molecule has 0 aromatic heterocycles. The van der Waals surface area contributed by atoms with Gasteiger partial charge in [-0.15, -0.1) is 0 Å². The van der Waals surface area contributed by atoms with Gasteiger partial charge in [-0.05, 0) is 44.0 Å². The van der Waals surface area contributed by atoms with Crippen LogP contribution < -0.4 is 15.4 Å². The molecule has 0 spiro atoms. The monoisotopic (exact) mass is 222 g/mol. The number of benzene rings is 1. The van der Waals surface area contributed by atoms with Crippen molar-refractivity contribution in [1.82, 2.24) is 0 Å². The highest BCUT2D eigenvalue weighted by Crippen LogP contribution is 2.28. The molecule has 0 saturated heterocycles. The van der Waals surface area contributed by atoms with Crippen molar-refractivity contribution in [2.75, 3.05) is 31.6 Å². The first-order valence-electron chi connectivity index (χ1n) is 5.75. The van der Waals surface area contributed by atoms with Gasteiger partial charge < -0.3 is 15.4 Å².